The fraction of sp³-hybridized carbons (Fsp3) is 0.391. The molecule has 8 heteroatoms. The van der Waals surface area contributed by atoms with Crippen LogP contribution in [0.2, 0.25) is 0 Å². The number of thioether (sulfide) groups is 1. The Balaban J connectivity index is 1.29. The lowest BCUT2D eigenvalue weighted by Gasteiger charge is -2.35. The van der Waals surface area contributed by atoms with E-state index in [2.05, 4.69) is 58.1 Å². The Morgan fingerprint density at radius 3 is 2.42 bits per heavy atom. The van der Waals surface area contributed by atoms with Gasteiger partial charge in [0.1, 0.15) is 5.82 Å². The van der Waals surface area contributed by atoms with Crippen molar-refractivity contribution < 1.29 is 9.32 Å². The normalized spacial score (nSPS) is 14.3. The highest BCUT2D eigenvalue weighted by molar-refractivity contribution is 7.99. The second-order valence-corrected chi connectivity index (χ2v) is 9.55. The number of aromatic nitrogens is 3. The lowest BCUT2D eigenvalue weighted by atomic mass is 10.1. The molecule has 2 aromatic heterocycles. The SMILES string of the molecule is Cc1nc(-c2ccc(N3CCN(C(=O)Cc4ccc(SC(C)C)cc4)CC3)nc2)no1. The van der Waals surface area contributed by atoms with Gasteiger partial charge in [-0.3, -0.25) is 4.79 Å². The molecule has 0 bridgehead atoms. The molecule has 0 aliphatic carbocycles. The summed E-state index contributed by atoms with van der Waals surface area (Å²) in [7, 11) is 0. The second kappa shape index (κ2) is 9.51. The van der Waals surface area contributed by atoms with Crippen molar-refractivity contribution in [1.82, 2.24) is 20.0 Å². The van der Waals surface area contributed by atoms with Crippen LogP contribution in [-0.2, 0) is 11.2 Å². The molecule has 3 heterocycles. The highest BCUT2D eigenvalue weighted by atomic mass is 32.2. The number of piperazine rings is 1. The molecule has 7 nitrogen and oxygen atoms in total. The molecule has 1 aliphatic heterocycles. The molecular formula is C23H27N5O2S. The largest absolute Gasteiger partial charge is 0.353 e. The van der Waals surface area contributed by atoms with Crippen molar-refractivity contribution in [3.8, 4) is 11.4 Å². The maximum Gasteiger partial charge on any atom is 0.227 e. The molecule has 162 valence electrons. The minimum absolute atomic E-state index is 0.180. The Morgan fingerprint density at radius 2 is 1.84 bits per heavy atom. The molecule has 1 aliphatic rings. The highest BCUT2D eigenvalue weighted by Crippen LogP contribution is 2.23. The summed E-state index contributed by atoms with van der Waals surface area (Å²) in [5.74, 6) is 2.15. The van der Waals surface area contributed by atoms with Gasteiger partial charge in [-0.25, -0.2) is 4.98 Å². The van der Waals surface area contributed by atoms with Gasteiger partial charge in [0.15, 0.2) is 0 Å². The molecule has 3 aromatic rings. The summed E-state index contributed by atoms with van der Waals surface area (Å²) in [5.41, 5.74) is 1.89. The van der Waals surface area contributed by atoms with Gasteiger partial charge in [-0.05, 0) is 29.8 Å². The first-order valence-electron chi connectivity index (χ1n) is 10.5. The van der Waals surface area contributed by atoms with Crippen LogP contribution in [0.4, 0.5) is 5.82 Å². The first-order valence-corrected chi connectivity index (χ1v) is 11.4. The van der Waals surface area contributed by atoms with E-state index in [4.69, 9.17) is 4.52 Å². The lowest BCUT2D eigenvalue weighted by Crippen LogP contribution is -2.49. The van der Waals surface area contributed by atoms with Crippen LogP contribution in [0.15, 0.2) is 52.0 Å². The zero-order valence-electron chi connectivity index (χ0n) is 18.1. The first kappa shape index (κ1) is 21.4. The predicted octanol–water partition coefficient (Wildman–Crippen LogP) is 3.83. The quantitative estimate of drug-likeness (QED) is 0.543. The van der Waals surface area contributed by atoms with Crippen molar-refractivity contribution in [1.29, 1.82) is 0 Å². The van der Waals surface area contributed by atoms with Crippen LogP contribution in [0.3, 0.4) is 0 Å². The predicted molar refractivity (Wildman–Crippen MR) is 122 cm³/mol. The molecule has 0 atom stereocenters. The highest BCUT2D eigenvalue weighted by Gasteiger charge is 2.22. The Bertz CT molecular complexity index is 1010. The van der Waals surface area contributed by atoms with E-state index in [1.165, 1.54) is 4.90 Å². The van der Waals surface area contributed by atoms with Gasteiger partial charge in [-0.1, -0.05) is 31.1 Å². The number of amides is 1. The van der Waals surface area contributed by atoms with Crippen LogP contribution in [0.5, 0.6) is 0 Å². The maximum atomic E-state index is 12.7. The van der Waals surface area contributed by atoms with E-state index in [9.17, 15) is 4.79 Å². The van der Waals surface area contributed by atoms with E-state index < -0.39 is 0 Å². The molecule has 0 unspecified atom stereocenters. The van der Waals surface area contributed by atoms with Gasteiger partial charge < -0.3 is 14.3 Å². The average Bonchev–Trinajstić information content (AvgIpc) is 3.21. The van der Waals surface area contributed by atoms with E-state index in [-0.39, 0.29) is 5.91 Å². The Morgan fingerprint density at radius 1 is 1.10 bits per heavy atom. The van der Waals surface area contributed by atoms with Crippen LogP contribution < -0.4 is 4.90 Å². The van der Waals surface area contributed by atoms with Gasteiger partial charge in [0.2, 0.25) is 17.6 Å². The summed E-state index contributed by atoms with van der Waals surface area (Å²) in [5, 5.41) is 4.48. The maximum absolute atomic E-state index is 12.7. The molecule has 1 fully saturated rings. The fourth-order valence-corrected chi connectivity index (χ4v) is 4.39. The number of rotatable bonds is 6. The van der Waals surface area contributed by atoms with Gasteiger partial charge in [-0.2, -0.15) is 4.98 Å². The smallest absolute Gasteiger partial charge is 0.227 e. The number of carbonyl (C=O) groups excluding carboxylic acids is 1. The minimum atomic E-state index is 0.180. The van der Waals surface area contributed by atoms with Gasteiger partial charge in [-0.15, -0.1) is 11.8 Å². The van der Waals surface area contributed by atoms with Crippen LogP contribution in [0, 0.1) is 6.92 Å². The summed E-state index contributed by atoms with van der Waals surface area (Å²) in [6.07, 6.45) is 2.21. The molecule has 0 radical (unpaired) electrons. The fourth-order valence-electron chi connectivity index (χ4n) is 3.55. The van der Waals surface area contributed by atoms with Gasteiger partial charge in [0.05, 0.1) is 6.42 Å². The van der Waals surface area contributed by atoms with E-state index in [1.54, 1.807) is 13.1 Å². The van der Waals surface area contributed by atoms with Crippen molar-refractivity contribution >= 4 is 23.5 Å². The molecule has 1 saturated heterocycles. The van der Waals surface area contributed by atoms with Crippen LogP contribution in [-0.4, -0.2) is 57.4 Å². The molecule has 0 N–H and O–H groups in total. The summed E-state index contributed by atoms with van der Waals surface area (Å²) in [6.45, 7) is 9.06. The van der Waals surface area contributed by atoms with E-state index in [0.717, 1.165) is 30.0 Å². The summed E-state index contributed by atoms with van der Waals surface area (Å²) in [6, 6.07) is 12.3. The lowest BCUT2D eigenvalue weighted by molar-refractivity contribution is -0.130. The number of benzene rings is 1. The Kier molecular flexibility index (Phi) is 6.56. The Labute approximate surface area is 186 Å². The van der Waals surface area contributed by atoms with Crippen LogP contribution >= 0.6 is 11.8 Å². The molecule has 1 aromatic carbocycles. The zero-order chi connectivity index (χ0) is 21.8. The topological polar surface area (TPSA) is 75.4 Å². The monoisotopic (exact) mass is 437 g/mol. The van der Waals surface area contributed by atoms with Crippen molar-refractivity contribution in [3.63, 3.8) is 0 Å². The number of hydrogen-bond donors (Lipinski definition) is 0. The molecule has 0 spiro atoms. The summed E-state index contributed by atoms with van der Waals surface area (Å²) in [4.78, 5) is 26.9. The molecule has 0 saturated carbocycles. The molecular weight excluding hydrogens is 410 g/mol. The van der Waals surface area contributed by atoms with Crippen LogP contribution in [0.1, 0.15) is 25.3 Å². The molecule has 4 rings (SSSR count). The van der Waals surface area contributed by atoms with Crippen molar-refractivity contribution in [2.45, 2.75) is 37.3 Å². The summed E-state index contributed by atoms with van der Waals surface area (Å²) < 4.78 is 5.03. The number of hydrogen-bond acceptors (Lipinski definition) is 7. The van der Waals surface area contributed by atoms with Crippen molar-refractivity contribution in [2.75, 3.05) is 31.1 Å². The second-order valence-electron chi connectivity index (χ2n) is 7.90. The first-order chi connectivity index (χ1) is 15.0. The zero-order valence-corrected chi connectivity index (χ0v) is 18.9. The number of nitrogens with zero attached hydrogens (tertiary/aromatic N) is 5. The van der Waals surface area contributed by atoms with E-state index in [1.807, 2.05) is 28.8 Å². The summed E-state index contributed by atoms with van der Waals surface area (Å²) >= 11 is 1.83. The van der Waals surface area contributed by atoms with E-state index >= 15 is 0 Å². The van der Waals surface area contributed by atoms with Gasteiger partial charge >= 0.3 is 0 Å². The number of carbonyl (C=O) groups is 1. The number of pyridine rings is 1. The standard InChI is InChI=1S/C23H27N5O2S/c1-16(2)31-20-7-4-18(5-8-20)14-22(29)28-12-10-27(11-13-28)21-9-6-19(15-24-21)23-25-17(3)30-26-23/h4-9,15-16H,10-14H2,1-3H3. The third-order valence-electron chi connectivity index (χ3n) is 5.14. The van der Waals surface area contributed by atoms with Crippen molar-refractivity contribution in [2.24, 2.45) is 0 Å². The Hall–Kier alpha value is -2.87. The number of anilines is 1. The molecule has 1 amide bonds. The van der Waals surface area contributed by atoms with Crippen molar-refractivity contribution in [3.05, 3.63) is 54.0 Å². The molecule has 31 heavy (non-hydrogen) atoms. The average molecular weight is 438 g/mol. The third kappa shape index (κ3) is 5.44. The van der Waals surface area contributed by atoms with Crippen LogP contribution in [0.25, 0.3) is 11.4 Å². The third-order valence-corrected chi connectivity index (χ3v) is 6.16. The van der Waals surface area contributed by atoms with Gasteiger partial charge in [0, 0.05) is 55.0 Å². The van der Waals surface area contributed by atoms with E-state index in [0.29, 0.717) is 36.5 Å². The van der Waals surface area contributed by atoms with Gasteiger partial charge in [0.25, 0.3) is 0 Å². The minimum Gasteiger partial charge on any atom is -0.353 e. The number of aryl methyl sites for hydroxylation is 1.